The highest BCUT2D eigenvalue weighted by atomic mass is 16.4. The van der Waals surface area contributed by atoms with Crippen molar-refractivity contribution in [3.05, 3.63) is 89.5 Å². The molecular formula is C23H22BNO2. The predicted molar refractivity (Wildman–Crippen MR) is 111 cm³/mol. The van der Waals surface area contributed by atoms with E-state index in [1.807, 2.05) is 48.5 Å². The SMILES string of the molecule is CC(C)c1ccc(B2OCc3ccc(NC(=O)c4ccccc4)cc32)cc1. The second-order valence-electron chi connectivity index (χ2n) is 7.25. The highest BCUT2D eigenvalue weighted by Crippen LogP contribution is 2.18. The molecule has 0 unspecified atom stereocenters. The molecule has 0 saturated carbocycles. The first kappa shape index (κ1) is 17.6. The Morgan fingerprint density at radius 2 is 1.74 bits per heavy atom. The van der Waals surface area contributed by atoms with Gasteiger partial charge in [-0.25, -0.2) is 0 Å². The Morgan fingerprint density at radius 3 is 2.44 bits per heavy atom. The minimum atomic E-state index is -0.104. The van der Waals surface area contributed by atoms with E-state index in [9.17, 15) is 4.79 Å². The van der Waals surface area contributed by atoms with Crippen molar-refractivity contribution in [3.8, 4) is 0 Å². The Bertz CT molecular complexity index is 952. The van der Waals surface area contributed by atoms with Crippen LogP contribution in [0.2, 0.25) is 0 Å². The van der Waals surface area contributed by atoms with Crippen LogP contribution in [-0.4, -0.2) is 12.8 Å². The van der Waals surface area contributed by atoms with Gasteiger partial charge in [-0.1, -0.05) is 62.4 Å². The van der Waals surface area contributed by atoms with Gasteiger partial charge in [0, 0.05) is 11.3 Å². The van der Waals surface area contributed by atoms with Gasteiger partial charge in [0.1, 0.15) is 0 Å². The Kier molecular flexibility index (Phi) is 4.82. The fraction of sp³-hybridized carbons (Fsp3) is 0.174. The van der Waals surface area contributed by atoms with Gasteiger partial charge in [0.15, 0.2) is 0 Å². The molecule has 1 aliphatic heterocycles. The van der Waals surface area contributed by atoms with Gasteiger partial charge in [-0.3, -0.25) is 4.79 Å². The molecule has 3 nitrogen and oxygen atoms in total. The molecule has 1 heterocycles. The van der Waals surface area contributed by atoms with Gasteiger partial charge in [0.2, 0.25) is 0 Å². The van der Waals surface area contributed by atoms with E-state index in [-0.39, 0.29) is 12.8 Å². The standard InChI is InChI=1S/C23H22BNO2/c1-16(2)17-8-11-20(12-9-17)24-22-14-21(13-10-19(22)15-27-24)25-23(26)18-6-4-3-5-7-18/h3-14,16H,15H2,1-2H3,(H,25,26). The second kappa shape index (κ2) is 7.41. The van der Waals surface area contributed by atoms with Crippen LogP contribution < -0.4 is 16.2 Å². The number of hydrogen-bond donors (Lipinski definition) is 1. The first-order valence-corrected chi connectivity index (χ1v) is 9.32. The summed E-state index contributed by atoms with van der Waals surface area (Å²) in [4.78, 5) is 12.4. The summed E-state index contributed by atoms with van der Waals surface area (Å²) in [5.74, 6) is 0.405. The molecule has 27 heavy (non-hydrogen) atoms. The van der Waals surface area contributed by atoms with Gasteiger partial charge in [0.05, 0.1) is 6.61 Å². The maximum Gasteiger partial charge on any atom is 0.362 e. The predicted octanol–water partition coefficient (Wildman–Crippen LogP) is 3.70. The van der Waals surface area contributed by atoms with Crippen molar-refractivity contribution in [1.29, 1.82) is 0 Å². The Hall–Kier alpha value is -2.85. The average molecular weight is 355 g/mol. The topological polar surface area (TPSA) is 38.3 Å². The number of rotatable bonds is 4. The normalized spacial score (nSPS) is 12.9. The first-order valence-electron chi connectivity index (χ1n) is 9.32. The molecule has 0 atom stereocenters. The van der Waals surface area contributed by atoms with Gasteiger partial charge in [-0.05, 0) is 52.2 Å². The number of amides is 1. The third-order valence-electron chi connectivity index (χ3n) is 5.03. The van der Waals surface area contributed by atoms with Gasteiger partial charge < -0.3 is 9.97 Å². The molecule has 0 radical (unpaired) electrons. The highest BCUT2D eigenvalue weighted by Gasteiger charge is 2.30. The quantitative estimate of drug-likeness (QED) is 0.725. The summed E-state index contributed by atoms with van der Waals surface area (Å²) in [6.45, 7) is 4.89. The number of nitrogens with one attached hydrogen (secondary N) is 1. The van der Waals surface area contributed by atoms with E-state index in [0.29, 0.717) is 18.1 Å². The van der Waals surface area contributed by atoms with Crippen LogP contribution in [0.25, 0.3) is 0 Å². The molecule has 3 aromatic carbocycles. The van der Waals surface area contributed by atoms with Gasteiger partial charge >= 0.3 is 6.92 Å². The number of anilines is 1. The summed E-state index contributed by atoms with van der Waals surface area (Å²) in [5.41, 5.74) is 6.20. The summed E-state index contributed by atoms with van der Waals surface area (Å²) < 4.78 is 6.04. The molecule has 0 saturated heterocycles. The number of carbonyl (C=O) groups excluding carboxylic acids is 1. The summed E-state index contributed by atoms with van der Waals surface area (Å²) in [6.07, 6.45) is 0. The van der Waals surface area contributed by atoms with Crippen LogP contribution in [0.4, 0.5) is 5.69 Å². The van der Waals surface area contributed by atoms with Crippen LogP contribution in [0.1, 0.15) is 41.3 Å². The molecule has 1 amide bonds. The molecule has 0 spiro atoms. The van der Waals surface area contributed by atoms with Crippen molar-refractivity contribution in [2.45, 2.75) is 26.4 Å². The average Bonchev–Trinajstić information content (AvgIpc) is 3.12. The van der Waals surface area contributed by atoms with Crippen molar-refractivity contribution in [2.24, 2.45) is 0 Å². The molecule has 3 aromatic rings. The van der Waals surface area contributed by atoms with Crippen LogP contribution in [0, 0.1) is 0 Å². The minimum absolute atomic E-state index is 0.0882. The largest absolute Gasteiger partial charge is 0.423 e. The Morgan fingerprint density at radius 1 is 1.00 bits per heavy atom. The van der Waals surface area contributed by atoms with Crippen LogP contribution in [0.15, 0.2) is 72.8 Å². The monoisotopic (exact) mass is 355 g/mol. The lowest BCUT2D eigenvalue weighted by molar-refractivity contribution is 0.102. The Labute approximate surface area is 160 Å². The first-order chi connectivity index (χ1) is 13.1. The third kappa shape index (κ3) is 3.67. The lowest BCUT2D eigenvalue weighted by Crippen LogP contribution is -2.41. The van der Waals surface area contributed by atoms with Crippen LogP contribution >= 0.6 is 0 Å². The van der Waals surface area contributed by atoms with Gasteiger partial charge in [-0.2, -0.15) is 0 Å². The van der Waals surface area contributed by atoms with Crippen molar-refractivity contribution in [2.75, 3.05) is 5.32 Å². The molecule has 1 aliphatic rings. The summed E-state index contributed by atoms with van der Waals surface area (Å²) in [7, 11) is 0. The summed E-state index contributed by atoms with van der Waals surface area (Å²) in [5, 5.41) is 2.99. The van der Waals surface area contributed by atoms with Gasteiger partial charge in [-0.15, -0.1) is 0 Å². The number of hydrogen-bond acceptors (Lipinski definition) is 2. The highest BCUT2D eigenvalue weighted by molar-refractivity contribution is 6.81. The van der Waals surface area contributed by atoms with E-state index in [2.05, 4.69) is 43.4 Å². The maximum absolute atomic E-state index is 12.4. The molecular weight excluding hydrogens is 333 g/mol. The van der Waals surface area contributed by atoms with E-state index in [1.54, 1.807) is 0 Å². The molecule has 4 heteroatoms. The van der Waals surface area contributed by atoms with Crippen LogP contribution in [0.3, 0.4) is 0 Å². The fourth-order valence-corrected chi connectivity index (χ4v) is 3.44. The molecule has 0 aromatic heterocycles. The smallest absolute Gasteiger partial charge is 0.362 e. The fourth-order valence-electron chi connectivity index (χ4n) is 3.44. The molecule has 134 valence electrons. The van der Waals surface area contributed by atoms with E-state index in [0.717, 1.165) is 16.6 Å². The van der Waals surface area contributed by atoms with Crippen LogP contribution in [-0.2, 0) is 11.3 Å². The molecule has 1 N–H and O–H groups in total. The van der Waals surface area contributed by atoms with Crippen LogP contribution in [0.5, 0.6) is 0 Å². The zero-order valence-electron chi connectivity index (χ0n) is 15.6. The van der Waals surface area contributed by atoms with E-state index >= 15 is 0 Å². The number of benzene rings is 3. The zero-order valence-corrected chi connectivity index (χ0v) is 15.6. The van der Waals surface area contributed by atoms with Gasteiger partial charge in [0.25, 0.3) is 5.91 Å². The number of carbonyl (C=O) groups is 1. The molecule has 4 rings (SSSR count). The number of fused-ring (bicyclic) bond motifs is 1. The second-order valence-corrected chi connectivity index (χ2v) is 7.25. The zero-order chi connectivity index (χ0) is 18.8. The van der Waals surface area contributed by atoms with E-state index in [1.165, 1.54) is 11.1 Å². The lowest BCUT2D eigenvalue weighted by Gasteiger charge is -2.12. The summed E-state index contributed by atoms with van der Waals surface area (Å²) >= 11 is 0. The minimum Gasteiger partial charge on any atom is -0.423 e. The van der Waals surface area contributed by atoms with E-state index < -0.39 is 0 Å². The van der Waals surface area contributed by atoms with Crippen molar-refractivity contribution < 1.29 is 9.45 Å². The van der Waals surface area contributed by atoms with Crippen molar-refractivity contribution in [1.82, 2.24) is 0 Å². The third-order valence-corrected chi connectivity index (χ3v) is 5.03. The van der Waals surface area contributed by atoms with Crippen molar-refractivity contribution in [3.63, 3.8) is 0 Å². The molecule has 0 aliphatic carbocycles. The molecule has 0 fully saturated rings. The molecule has 0 bridgehead atoms. The Balaban J connectivity index is 1.57. The maximum atomic E-state index is 12.4. The summed E-state index contributed by atoms with van der Waals surface area (Å²) in [6, 6.07) is 23.9. The lowest BCUT2D eigenvalue weighted by atomic mass is 9.55. The van der Waals surface area contributed by atoms with Crippen molar-refractivity contribution >= 4 is 29.4 Å². The van der Waals surface area contributed by atoms with E-state index in [4.69, 9.17) is 4.65 Å².